The first-order valence-electron chi connectivity index (χ1n) is 7.52. The van der Waals surface area contributed by atoms with Gasteiger partial charge in [0.2, 0.25) is 5.95 Å². The van der Waals surface area contributed by atoms with Crippen molar-refractivity contribution < 1.29 is 17.9 Å². The zero-order valence-electron chi connectivity index (χ0n) is 14.1. The number of nitrogens with one attached hydrogen (secondary N) is 2. The molecular weight excluding hydrogens is 349 g/mol. The summed E-state index contributed by atoms with van der Waals surface area (Å²) in [4.78, 5) is 16.1. The average Bonchev–Trinajstić information content (AvgIpc) is 2.60. The second kappa shape index (κ2) is 6.62. The SMILES string of the molecule is CNc1nc(Nc2cc3cnc(C)nc3cc2OC)ncc1C(F)(F)F. The van der Waals surface area contributed by atoms with E-state index in [0.29, 0.717) is 22.8 Å². The minimum atomic E-state index is -4.55. The summed E-state index contributed by atoms with van der Waals surface area (Å²) in [6.07, 6.45) is -2.18. The lowest BCUT2D eigenvalue weighted by atomic mass is 10.2. The van der Waals surface area contributed by atoms with Gasteiger partial charge < -0.3 is 15.4 Å². The normalized spacial score (nSPS) is 11.5. The van der Waals surface area contributed by atoms with Crippen molar-refractivity contribution in [3.05, 3.63) is 35.9 Å². The molecule has 2 aromatic heterocycles. The summed E-state index contributed by atoms with van der Waals surface area (Å²) >= 11 is 0. The number of hydrogen-bond donors (Lipinski definition) is 2. The largest absolute Gasteiger partial charge is 0.494 e. The fraction of sp³-hybridized carbons (Fsp3) is 0.250. The van der Waals surface area contributed by atoms with Crippen LogP contribution >= 0.6 is 0 Å². The number of benzene rings is 1. The average molecular weight is 364 g/mol. The van der Waals surface area contributed by atoms with Gasteiger partial charge >= 0.3 is 6.18 Å². The maximum Gasteiger partial charge on any atom is 0.421 e. The molecular formula is C16H15F3N6O. The number of ether oxygens (including phenoxy) is 1. The molecule has 3 aromatic rings. The Balaban J connectivity index is 2.01. The van der Waals surface area contributed by atoms with Crippen LogP contribution in [0.2, 0.25) is 0 Å². The number of halogens is 3. The number of aromatic nitrogens is 4. The summed E-state index contributed by atoms with van der Waals surface area (Å²) < 4.78 is 44.2. The zero-order valence-corrected chi connectivity index (χ0v) is 14.1. The van der Waals surface area contributed by atoms with Crippen LogP contribution in [0.1, 0.15) is 11.4 Å². The van der Waals surface area contributed by atoms with E-state index < -0.39 is 11.7 Å². The molecule has 1 aromatic carbocycles. The number of alkyl halides is 3. The first-order chi connectivity index (χ1) is 12.3. The molecule has 7 nitrogen and oxygen atoms in total. The second-order valence-electron chi connectivity index (χ2n) is 5.36. The minimum absolute atomic E-state index is 0.00645. The highest BCUT2D eigenvalue weighted by Crippen LogP contribution is 2.35. The summed E-state index contributed by atoms with van der Waals surface area (Å²) in [6, 6.07) is 3.42. The highest BCUT2D eigenvalue weighted by Gasteiger charge is 2.35. The van der Waals surface area contributed by atoms with Gasteiger partial charge in [0.25, 0.3) is 0 Å². The van der Waals surface area contributed by atoms with Crippen LogP contribution in [-0.2, 0) is 6.18 Å². The number of methoxy groups -OCH3 is 1. The van der Waals surface area contributed by atoms with Crippen molar-refractivity contribution >= 4 is 28.4 Å². The number of hydrogen-bond acceptors (Lipinski definition) is 7. The van der Waals surface area contributed by atoms with E-state index in [0.717, 1.165) is 11.6 Å². The predicted octanol–water partition coefficient (Wildman–Crippen LogP) is 3.54. The highest BCUT2D eigenvalue weighted by molar-refractivity contribution is 5.86. The highest BCUT2D eigenvalue weighted by atomic mass is 19.4. The van der Waals surface area contributed by atoms with Gasteiger partial charge in [0, 0.05) is 30.9 Å². The van der Waals surface area contributed by atoms with E-state index in [1.165, 1.54) is 14.2 Å². The standard InChI is InChI=1S/C16H15F3N6O/c1-8-21-6-9-4-12(13(26-3)5-11(9)23-8)24-15-22-7-10(16(17,18)19)14(20-2)25-15/h4-7H,1-3H3,(H2,20,22,24,25). The monoisotopic (exact) mass is 364 g/mol. The molecule has 0 saturated carbocycles. The van der Waals surface area contributed by atoms with Gasteiger partial charge in [0.1, 0.15) is 23.0 Å². The van der Waals surface area contributed by atoms with E-state index in [9.17, 15) is 13.2 Å². The molecule has 0 unspecified atom stereocenters. The van der Waals surface area contributed by atoms with Crippen molar-refractivity contribution in [3.8, 4) is 5.75 Å². The molecule has 2 heterocycles. The Bertz CT molecular complexity index is 961. The Hall–Kier alpha value is -3.17. The maximum absolute atomic E-state index is 12.9. The Morgan fingerprint density at radius 2 is 1.85 bits per heavy atom. The molecule has 0 saturated heterocycles. The number of nitrogens with zero attached hydrogens (tertiary/aromatic N) is 4. The van der Waals surface area contributed by atoms with E-state index in [1.807, 2.05) is 0 Å². The van der Waals surface area contributed by atoms with Crippen molar-refractivity contribution in [1.82, 2.24) is 19.9 Å². The fourth-order valence-electron chi connectivity index (χ4n) is 2.38. The summed E-state index contributed by atoms with van der Waals surface area (Å²) in [5.41, 5.74) is 0.221. The lowest BCUT2D eigenvalue weighted by Gasteiger charge is -2.14. The third kappa shape index (κ3) is 3.44. The molecule has 0 atom stereocenters. The number of anilines is 3. The molecule has 0 aliphatic carbocycles. The molecule has 0 aliphatic rings. The summed E-state index contributed by atoms with van der Waals surface area (Å²) in [5, 5.41) is 6.04. The van der Waals surface area contributed by atoms with E-state index >= 15 is 0 Å². The zero-order chi connectivity index (χ0) is 18.9. The summed E-state index contributed by atoms with van der Waals surface area (Å²) in [7, 11) is 2.84. The van der Waals surface area contributed by atoms with Crippen LogP contribution in [0.3, 0.4) is 0 Å². The molecule has 136 valence electrons. The third-order valence-electron chi connectivity index (χ3n) is 3.60. The van der Waals surface area contributed by atoms with E-state index in [-0.39, 0.29) is 11.8 Å². The lowest BCUT2D eigenvalue weighted by molar-refractivity contribution is -0.137. The third-order valence-corrected chi connectivity index (χ3v) is 3.60. The first kappa shape index (κ1) is 17.6. The van der Waals surface area contributed by atoms with Gasteiger partial charge in [-0.05, 0) is 13.0 Å². The van der Waals surface area contributed by atoms with Crippen LogP contribution in [0.4, 0.5) is 30.6 Å². The van der Waals surface area contributed by atoms with Gasteiger partial charge in [-0.15, -0.1) is 0 Å². The molecule has 10 heteroatoms. The fourth-order valence-corrected chi connectivity index (χ4v) is 2.38. The van der Waals surface area contributed by atoms with Crippen molar-refractivity contribution in [3.63, 3.8) is 0 Å². The molecule has 26 heavy (non-hydrogen) atoms. The first-order valence-corrected chi connectivity index (χ1v) is 7.52. The molecule has 3 rings (SSSR count). The van der Waals surface area contributed by atoms with Gasteiger partial charge in [-0.1, -0.05) is 0 Å². The van der Waals surface area contributed by atoms with Gasteiger partial charge in [0.15, 0.2) is 0 Å². The Morgan fingerprint density at radius 3 is 2.50 bits per heavy atom. The molecule has 2 N–H and O–H groups in total. The van der Waals surface area contributed by atoms with Gasteiger partial charge in [-0.25, -0.2) is 15.0 Å². The van der Waals surface area contributed by atoms with Gasteiger partial charge in [0.05, 0.1) is 18.3 Å². The Labute approximate surface area is 146 Å². The number of fused-ring (bicyclic) bond motifs is 1. The lowest BCUT2D eigenvalue weighted by Crippen LogP contribution is -2.12. The topological polar surface area (TPSA) is 84.9 Å². The molecule has 0 aliphatic heterocycles. The number of rotatable bonds is 4. The Morgan fingerprint density at radius 1 is 1.08 bits per heavy atom. The quantitative estimate of drug-likeness (QED) is 0.732. The van der Waals surface area contributed by atoms with Gasteiger partial charge in [-0.3, -0.25) is 0 Å². The summed E-state index contributed by atoms with van der Waals surface area (Å²) in [5.74, 6) is 0.733. The van der Waals surface area contributed by atoms with E-state index in [1.54, 1.807) is 25.3 Å². The van der Waals surface area contributed by atoms with Gasteiger partial charge in [-0.2, -0.15) is 18.2 Å². The summed E-state index contributed by atoms with van der Waals surface area (Å²) in [6.45, 7) is 1.77. The molecule has 0 amide bonds. The second-order valence-corrected chi connectivity index (χ2v) is 5.36. The van der Waals surface area contributed by atoms with Crippen LogP contribution < -0.4 is 15.4 Å². The van der Waals surface area contributed by atoms with Crippen LogP contribution in [0.5, 0.6) is 5.75 Å². The number of aryl methyl sites for hydroxylation is 1. The molecule has 0 bridgehead atoms. The van der Waals surface area contributed by atoms with Crippen LogP contribution in [0.15, 0.2) is 24.5 Å². The predicted molar refractivity (Wildman–Crippen MR) is 90.7 cm³/mol. The molecule has 0 fully saturated rings. The molecule has 0 spiro atoms. The van der Waals surface area contributed by atoms with E-state index in [4.69, 9.17) is 4.74 Å². The van der Waals surface area contributed by atoms with Crippen molar-refractivity contribution in [1.29, 1.82) is 0 Å². The minimum Gasteiger partial charge on any atom is -0.494 e. The van der Waals surface area contributed by atoms with Crippen LogP contribution in [0.25, 0.3) is 10.9 Å². The van der Waals surface area contributed by atoms with Crippen molar-refractivity contribution in [2.75, 3.05) is 24.8 Å². The molecule has 0 radical (unpaired) electrons. The smallest absolute Gasteiger partial charge is 0.421 e. The van der Waals surface area contributed by atoms with Crippen LogP contribution in [-0.4, -0.2) is 34.1 Å². The van der Waals surface area contributed by atoms with Crippen molar-refractivity contribution in [2.24, 2.45) is 0 Å². The van der Waals surface area contributed by atoms with Crippen LogP contribution in [0, 0.1) is 6.92 Å². The maximum atomic E-state index is 12.9. The van der Waals surface area contributed by atoms with Crippen molar-refractivity contribution in [2.45, 2.75) is 13.1 Å². The Kier molecular flexibility index (Phi) is 4.49. The van der Waals surface area contributed by atoms with E-state index in [2.05, 4.69) is 30.6 Å².